The largest absolute Gasteiger partial charge is 0.292 e. The van der Waals surface area contributed by atoms with Crippen LogP contribution in [0.1, 0.15) is 21.7 Å². The summed E-state index contributed by atoms with van der Waals surface area (Å²) in [5.41, 5.74) is 1.90. The van der Waals surface area contributed by atoms with E-state index in [9.17, 15) is 4.79 Å². The van der Waals surface area contributed by atoms with Crippen LogP contribution in [-0.4, -0.2) is 24.3 Å². The monoisotopic (exact) mass is 256 g/mol. The van der Waals surface area contributed by atoms with Crippen LogP contribution in [0.4, 0.5) is 0 Å². The highest BCUT2D eigenvalue weighted by molar-refractivity contribution is 6.99. The van der Waals surface area contributed by atoms with Gasteiger partial charge in [0.05, 0.1) is 23.6 Å². The number of hydrogen-bond acceptors (Lipinski definition) is 5. The average Bonchev–Trinajstić information content (AvgIpc) is 2.83. The fourth-order valence-corrected chi connectivity index (χ4v) is 2.09. The molecule has 0 amide bonds. The highest BCUT2D eigenvalue weighted by Crippen LogP contribution is 2.20. The number of rotatable bonds is 3. The van der Waals surface area contributed by atoms with Gasteiger partial charge in [0.2, 0.25) is 0 Å². The molecule has 0 fully saturated rings. The summed E-state index contributed by atoms with van der Waals surface area (Å²) in [6.07, 6.45) is 1.68. The molecule has 2 aromatic rings. The zero-order chi connectivity index (χ0) is 11.7. The van der Waals surface area contributed by atoms with Gasteiger partial charge in [0.1, 0.15) is 10.8 Å². The molecule has 2 rings (SSSR count). The molecule has 0 aliphatic rings. The van der Waals surface area contributed by atoms with Crippen LogP contribution < -0.4 is 0 Å². The predicted molar refractivity (Wildman–Crippen MR) is 60.9 cm³/mol. The summed E-state index contributed by atoms with van der Waals surface area (Å²) in [6, 6.07) is 0. The van der Waals surface area contributed by atoms with Crippen LogP contribution in [0.15, 0.2) is 6.20 Å². The van der Waals surface area contributed by atoms with Gasteiger partial charge in [-0.15, -0.1) is 0 Å². The Morgan fingerprint density at radius 3 is 2.88 bits per heavy atom. The zero-order valence-electron chi connectivity index (χ0n) is 8.77. The Morgan fingerprint density at radius 1 is 1.62 bits per heavy atom. The number of ketones is 1. The molecular formula is C9H9ClN4OS. The maximum atomic E-state index is 11.8. The number of aromatic nitrogens is 4. The molecule has 0 aliphatic heterocycles. The third-order valence-electron chi connectivity index (χ3n) is 2.25. The van der Waals surface area contributed by atoms with Crippen LogP contribution in [0.3, 0.4) is 0 Å². The lowest BCUT2D eigenvalue weighted by Gasteiger charge is -1.97. The summed E-state index contributed by atoms with van der Waals surface area (Å²) in [6.45, 7) is 1.83. The number of Topliss-reactive ketones (excluding diaryl/α,β-unsaturated/α-hetero) is 1. The van der Waals surface area contributed by atoms with Crippen molar-refractivity contribution in [2.45, 2.75) is 13.3 Å². The fraction of sp³-hybridized carbons (Fsp3) is 0.333. The molecule has 2 aromatic heterocycles. The van der Waals surface area contributed by atoms with Crippen molar-refractivity contribution >= 4 is 29.1 Å². The van der Waals surface area contributed by atoms with Crippen LogP contribution >= 0.6 is 23.3 Å². The van der Waals surface area contributed by atoms with E-state index in [2.05, 4.69) is 13.8 Å². The Morgan fingerprint density at radius 2 is 2.38 bits per heavy atom. The second-order valence-corrected chi connectivity index (χ2v) is 4.29. The zero-order valence-corrected chi connectivity index (χ0v) is 10.3. The molecule has 0 radical (unpaired) electrons. The van der Waals surface area contributed by atoms with Gasteiger partial charge in [-0.05, 0) is 6.92 Å². The first kappa shape index (κ1) is 11.2. The van der Waals surface area contributed by atoms with Crippen molar-refractivity contribution in [3.05, 3.63) is 28.3 Å². The molecule has 0 saturated carbocycles. The Labute approximate surface area is 101 Å². The summed E-state index contributed by atoms with van der Waals surface area (Å²) in [7, 11) is 1.74. The molecule has 0 spiro atoms. The lowest BCUT2D eigenvalue weighted by molar-refractivity contribution is 0.0989. The molecule has 5 nitrogen and oxygen atoms in total. The topological polar surface area (TPSA) is 60.7 Å². The molecular weight excluding hydrogens is 248 g/mol. The first-order valence-electron chi connectivity index (χ1n) is 4.58. The van der Waals surface area contributed by atoms with Crippen molar-refractivity contribution < 1.29 is 4.79 Å². The van der Waals surface area contributed by atoms with Gasteiger partial charge in [-0.3, -0.25) is 9.48 Å². The Bertz CT molecular complexity index is 520. The minimum atomic E-state index is -0.0910. The standard InChI is InChI=1S/C9H9ClN4OS/c1-5-6(9(10)14(2)12-5)3-8(15)7-4-11-16-13-7/h4H,3H2,1-2H3. The van der Waals surface area contributed by atoms with E-state index < -0.39 is 0 Å². The van der Waals surface area contributed by atoms with Crippen molar-refractivity contribution in [2.75, 3.05) is 0 Å². The minimum Gasteiger partial charge on any atom is -0.292 e. The van der Waals surface area contributed by atoms with Gasteiger partial charge in [0.25, 0.3) is 0 Å². The molecule has 0 bridgehead atoms. The quantitative estimate of drug-likeness (QED) is 0.784. The smallest absolute Gasteiger partial charge is 0.188 e. The molecule has 7 heteroatoms. The first-order chi connectivity index (χ1) is 7.59. The third kappa shape index (κ3) is 1.98. The fourth-order valence-electron chi connectivity index (χ4n) is 1.41. The number of carbonyl (C=O) groups excluding carboxylic acids is 1. The average molecular weight is 257 g/mol. The van der Waals surface area contributed by atoms with Crippen LogP contribution in [0.2, 0.25) is 5.15 Å². The van der Waals surface area contributed by atoms with Crippen molar-refractivity contribution in [3.63, 3.8) is 0 Å². The van der Waals surface area contributed by atoms with Gasteiger partial charge in [-0.25, -0.2) is 0 Å². The Hall–Kier alpha value is -1.27. The maximum absolute atomic E-state index is 11.8. The lowest BCUT2D eigenvalue weighted by Crippen LogP contribution is -2.04. The van der Waals surface area contributed by atoms with Gasteiger partial charge in [-0.1, -0.05) is 11.6 Å². The van der Waals surface area contributed by atoms with E-state index in [1.165, 1.54) is 6.20 Å². The number of carbonyl (C=O) groups is 1. The molecule has 0 saturated heterocycles. The summed E-state index contributed by atoms with van der Waals surface area (Å²) in [5, 5.41) is 4.64. The third-order valence-corrected chi connectivity index (χ3v) is 3.20. The highest BCUT2D eigenvalue weighted by Gasteiger charge is 2.17. The molecule has 0 aromatic carbocycles. The summed E-state index contributed by atoms with van der Waals surface area (Å²) < 4.78 is 9.23. The number of nitrogens with zero attached hydrogens (tertiary/aromatic N) is 4. The number of halogens is 1. The van der Waals surface area contributed by atoms with Crippen molar-refractivity contribution in [3.8, 4) is 0 Å². The van der Waals surface area contributed by atoms with Crippen molar-refractivity contribution in [1.29, 1.82) is 0 Å². The molecule has 0 unspecified atom stereocenters. The molecule has 16 heavy (non-hydrogen) atoms. The van der Waals surface area contributed by atoms with Gasteiger partial charge in [-0.2, -0.15) is 13.8 Å². The first-order valence-corrected chi connectivity index (χ1v) is 5.69. The SMILES string of the molecule is Cc1nn(C)c(Cl)c1CC(=O)c1cnsn1. The van der Waals surface area contributed by atoms with E-state index in [1.54, 1.807) is 11.7 Å². The van der Waals surface area contributed by atoms with E-state index >= 15 is 0 Å². The van der Waals surface area contributed by atoms with Gasteiger partial charge in [0.15, 0.2) is 5.78 Å². The van der Waals surface area contributed by atoms with E-state index in [1.807, 2.05) is 6.92 Å². The second-order valence-electron chi connectivity index (χ2n) is 3.37. The second kappa shape index (κ2) is 4.31. The minimum absolute atomic E-state index is 0.0910. The predicted octanol–water partition coefficient (Wildman–Crippen LogP) is 1.66. The normalized spacial score (nSPS) is 10.7. The summed E-state index contributed by atoms with van der Waals surface area (Å²) in [4.78, 5) is 11.8. The highest BCUT2D eigenvalue weighted by atomic mass is 35.5. The molecule has 0 aliphatic carbocycles. The number of aryl methyl sites for hydroxylation is 2. The van der Waals surface area contributed by atoms with Crippen molar-refractivity contribution in [2.24, 2.45) is 7.05 Å². The Kier molecular flexibility index (Phi) is 3.02. The lowest BCUT2D eigenvalue weighted by atomic mass is 10.1. The number of hydrogen-bond donors (Lipinski definition) is 0. The summed E-state index contributed by atoms with van der Waals surface area (Å²) >= 11 is 7.05. The van der Waals surface area contributed by atoms with Crippen LogP contribution in [0.25, 0.3) is 0 Å². The maximum Gasteiger partial charge on any atom is 0.188 e. The molecule has 2 heterocycles. The van der Waals surface area contributed by atoms with E-state index in [-0.39, 0.29) is 12.2 Å². The Balaban J connectivity index is 2.25. The molecule has 84 valence electrons. The van der Waals surface area contributed by atoms with Crippen LogP contribution in [0.5, 0.6) is 0 Å². The van der Waals surface area contributed by atoms with Crippen LogP contribution in [0, 0.1) is 6.92 Å². The van der Waals surface area contributed by atoms with Gasteiger partial charge >= 0.3 is 0 Å². The van der Waals surface area contributed by atoms with Crippen LogP contribution in [-0.2, 0) is 13.5 Å². The van der Waals surface area contributed by atoms with E-state index in [4.69, 9.17) is 11.6 Å². The van der Waals surface area contributed by atoms with E-state index in [0.29, 0.717) is 10.8 Å². The van der Waals surface area contributed by atoms with E-state index in [0.717, 1.165) is 23.0 Å². The molecule has 0 N–H and O–H groups in total. The van der Waals surface area contributed by atoms with Crippen molar-refractivity contribution in [1.82, 2.24) is 18.5 Å². The van der Waals surface area contributed by atoms with Gasteiger partial charge < -0.3 is 0 Å². The molecule has 0 atom stereocenters. The van der Waals surface area contributed by atoms with Gasteiger partial charge in [0, 0.05) is 19.0 Å². The summed E-state index contributed by atoms with van der Waals surface area (Å²) in [5.74, 6) is -0.0910.